The van der Waals surface area contributed by atoms with E-state index in [1.165, 1.54) is 7.11 Å². The molecule has 13 nitrogen and oxygen atoms in total. The highest BCUT2D eigenvalue weighted by molar-refractivity contribution is 5.81. The first kappa shape index (κ1) is 41.2. The van der Waals surface area contributed by atoms with Crippen molar-refractivity contribution in [3.63, 3.8) is 0 Å². The second-order valence-corrected chi connectivity index (χ2v) is 11.5. The Hall–Kier alpha value is -4.98. The number of hydrogen-bond acceptors (Lipinski definition) is 12. The number of carboxylic acid groups (broad SMARTS) is 1. The van der Waals surface area contributed by atoms with Crippen LogP contribution in [0, 0.1) is 0 Å². The van der Waals surface area contributed by atoms with E-state index in [9.17, 15) is 24.3 Å². The summed E-state index contributed by atoms with van der Waals surface area (Å²) in [5.41, 5.74) is 2.41. The lowest BCUT2D eigenvalue weighted by Gasteiger charge is -2.27. The van der Waals surface area contributed by atoms with Crippen molar-refractivity contribution >= 4 is 29.6 Å². The van der Waals surface area contributed by atoms with Crippen molar-refractivity contribution < 1.29 is 62.5 Å². The van der Waals surface area contributed by atoms with Crippen molar-refractivity contribution in [1.82, 2.24) is 0 Å². The molecule has 0 radical (unpaired) electrons. The monoisotopic (exact) mass is 698 g/mol. The maximum Gasteiger partial charge on any atom is 0.330 e. The second-order valence-electron chi connectivity index (χ2n) is 11.5. The number of benzene rings is 2. The molecular weight excluding hydrogens is 652 g/mol. The van der Waals surface area contributed by atoms with E-state index in [0.717, 1.165) is 28.8 Å². The average Bonchev–Trinajstić information content (AvgIpc) is 3.11. The topological polar surface area (TPSA) is 173 Å². The van der Waals surface area contributed by atoms with Crippen molar-refractivity contribution in [2.75, 3.05) is 46.8 Å². The summed E-state index contributed by atoms with van der Waals surface area (Å²) in [5, 5.41) is 18.8. The Bertz CT molecular complexity index is 1430. The highest BCUT2D eigenvalue weighted by Gasteiger charge is 2.24. The highest BCUT2D eigenvalue weighted by atomic mass is 16.6. The first-order valence-corrected chi connectivity index (χ1v) is 15.7. The molecule has 3 atom stereocenters. The Balaban J connectivity index is 1.97. The summed E-state index contributed by atoms with van der Waals surface area (Å²) in [6, 6.07) is 15.3. The Morgan fingerprint density at radius 3 is 1.88 bits per heavy atom. The first-order chi connectivity index (χ1) is 23.8. The summed E-state index contributed by atoms with van der Waals surface area (Å²) < 4.78 is 37.7. The van der Waals surface area contributed by atoms with Crippen LogP contribution in [0.15, 0.2) is 80.4 Å². The lowest BCUT2D eigenvalue weighted by molar-refractivity contribution is -0.164. The van der Waals surface area contributed by atoms with Crippen molar-refractivity contribution in [1.29, 1.82) is 0 Å². The number of rotatable bonds is 24. The number of hydrogen-bond donors (Lipinski definition) is 2. The van der Waals surface area contributed by atoms with Gasteiger partial charge in [-0.1, -0.05) is 70.0 Å². The fourth-order valence-electron chi connectivity index (χ4n) is 4.34. The Kier molecular flexibility index (Phi) is 17.4. The number of aliphatic hydroxyl groups is 1. The van der Waals surface area contributed by atoms with Crippen molar-refractivity contribution in [2.24, 2.45) is 0 Å². The minimum atomic E-state index is -1.15. The summed E-state index contributed by atoms with van der Waals surface area (Å²) >= 11 is 0. The van der Waals surface area contributed by atoms with Gasteiger partial charge in [-0.05, 0) is 23.3 Å². The van der Waals surface area contributed by atoms with Crippen LogP contribution in [0.2, 0.25) is 0 Å². The molecule has 2 N–H and O–H groups in total. The molecule has 0 aromatic heterocycles. The number of esters is 3. The van der Waals surface area contributed by atoms with Gasteiger partial charge in [0.1, 0.15) is 50.1 Å². The fraction of sp³-hybridized carbons (Fsp3) is 0.405. The van der Waals surface area contributed by atoms with Crippen LogP contribution >= 0.6 is 0 Å². The van der Waals surface area contributed by atoms with Gasteiger partial charge in [0.15, 0.2) is 6.10 Å². The molecule has 2 aromatic rings. The van der Waals surface area contributed by atoms with E-state index in [1.807, 2.05) is 48.5 Å². The van der Waals surface area contributed by atoms with Crippen LogP contribution in [0.3, 0.4) is 0 Å². The van der Waals surface area contributed by atoms with Crippen LogP contribution in [-0.2, 0) is 53.0 Å². The van der Waals surface area contributed by atoms with E-state index >= 15 is 0 Å². The zero-order valence-electron chi connectivity index (χ0n) is 28.7. The molecule has 0 fully saturated rings. The van der Waals surface area contributed by atoms with Gasteiger partial charge in [0.05, 0.1) is 26.1 Å². The summed E-state index contributed by atoms with van der Waals surface area (Å²) in [6.07, 6.45) is -1.35. The van der Waals surface area contributed by atoms with Crippen LogP contribution < -0.4 is 4.74 Å². The molecular formula is C37H46O13. The van der Waals surface area contributed by atoms with E-state index in [-0.39, 0.29) is 51.5 Å². The molecule has 3 unspecified atom stereocenters. The van der Waals surface area contributed by atoms with Gasteiger partial charge >= 0.3 is 23.9 Å². The van der Waals surface area contributed by atoms with Crippen molar-refractivity contribution in [3.8, 4) is 5.75 Å². The summed E-state index contributed by atoms with van der Waals surface area (Å²) in [6.45, 7) is 14.2. The summed E-state index contributed by atoms with van der Waals surface area (Å²) in [4.78, 5) is 45.6. The SMILES string of the molecule is C=CC(=O)OCC(O)COC(=C)c1ccc(C(C)(C)c2ccc(OCC(COC)OCC(COC(=O)C=C)OC(=O)CCC(=O)O)cc2)cc1. The Morgan fingerprint density at radius 2 is 1.32 bits per heavy atom. The third kappa shape index (κ3) is 14.6. The van der Waals surface area contributed by atoms with Gasteiger partial charge in [-0.25, -0.2) is 9.59 Å². The van der Waals surface area contributed by atoms with Gasteiger partial charge in [0.25, 0.3) is 0 Å². The minimum absolute atomic E-state index is 0.0904. The molecule has 2 rings (SSSR count). The number of carbonyl (C=O) groups excluding carboxylic acids is 3. The van der Waals surface area contributed by atoms with E-state index in [0.29, 0.717) is 11.5 Å². The predicted octanol–water partition coefficient (Wildman–Crippen LogP) is 4.01. The van der Waals surface area contributed by atoms with Crippen molar-refractivity contribution in [2.45, 2.75) is 50.4 Å². The first-order valence-electron chi connectivity index (χ1n) is 15.7. The molecule has 0 bridgehead atoms. The third-order valence-corrected chi connectivity index (χ3v) is 7.26. The maximum atomic E-state index is 12.1. The molecule has 50 heavy (non-hydrogen) atoms. The largest absolute Gasteiger partial charge is 0.491 e. The second kappa shape index (κ2) is 21.2. The zero-order chi connectivity index (χ0) is 37.1. The predicted molar refractivity (Wildman–Crippen MR) is 182 cm³/mol. The fourth-order valence-corrected chi connectivity index (χ4v) is 4.34. The van der Waals surface area contributed by atoms with Crippen molar-refractivity contribution in [3.05, 3.63) is 97.1 Å². The standard InChI is InChI=1S/C37H46O13/c1-7-34(41)48-20-29(38)19-45-25(3)26-9-11-27(12-10-26)37(4,5)28-13-15-30(16-14-28)46-22-31(21-44-6)47-23-32(24-49-35(42)8-2)50-36(43)18-17-33(39)40/h7-16,29,31-32,38H,1-3,17-24H2,4-6H3,(H,39,40). The zero-order valence-corrected chi connectivity index (χ0v) is 28.7. The van der Waals surface area contributed by atoms with Crippen LogP contribution in [0.1, 0.15) is 43.4 Å². The van der Waals surface area contributed by atoms with Gasteiger partial charge in [-0.15, -0.1) is 0 Å². The molecule has 2 aromatic carbocycles. The van der Waals surface area contributed by atoms with Crippen LogP contribution in [0.4, 0.5) is 0 Å². The van der Waals surface area contributed by atoms with E-state index in [4.69, 9.17) is 38.3 Å². The molecule has 0 heterocycles. The number of carbonyl (C=O) groups is 4. The highest BCUT2D eigenvalue weighted by Crippen LogP contribution is 2.33. The third-order valence-electron chi connectivity index (χ3n) is 7.26. The number of carboxylic acids is 1. The van der Waals surface area contributed by atoms with Crippen LogP contribution in [-0.4, -0.2) is 99.2 Å². The molecule has 13 heteroatoms. The van der Waals surface area contributed by atoms with Crippen LogP contribution in [0.5, 0.6) is 5.75 Å². The smallest absolute Gasteiger partial charge is 0.330 e. The quantitative estimate of drug-likeness (QED) is 0.0698. The molecule has 0 spiro atoms. The molecule has 0 saturated carbocycles. The number of ether oxygens (including phenoxy) is 7. The van der Waals surface area contributed by atoms with Crippen LogP contribution in [0.25, 0.3) is 5.76 Å². The summed E-state index contributed by atoms with van der Waals surface area (Å²) in [7, 11) is 1.49. The lowest BCUT2D eigenvalue weighted by Crippen LogP contribution is -2.35. The molecule has 0 aliphatic rings. The molecule has 0 amide bonds. The minimum Gasteiger partial charge on any atom is -0.491 e. The molecule has 0 aliphatic carbocycles. The molecule has 0 saturated heterocycles. The summed E-state index contributed by atoms with van der Waals surface area (Å²) in [5.74, 6) is -2.32. The van der Waals surface area contributed by atoms with Gasteiger partial charge in [0.2, 0.25) is 0 Å². The normalized spacial score (nSPS) is 12.8. The van der Waals surface area contributed by atoms with Gasteiger partial charge in [-0.2, -0.15) is 0 Å². The number of aliphatic carboxylic acids is 1. The average molecular weight is 699 g/mol. The number of aliphatic hydroxyl groups excluding tert-OH is 1. The lowest BCUT2D eigenvalue weighted by atomic mass is 9.78. The van der Waals surface area contributed by atoms with E-state index < -0.39 is 48.6 Å². The molecule has 0 aliphatic heterocycles. The maximum absolute atomic E-state index is 12.1. The van der Waals surface area contributed by atoms with Gasteiger partial charge in [0, 0.05) is 30.2 Å². The Morgan fingerprint density at radius 1 is 0.760 bits per heavy atom. The van der Waals surface area contributed by atoms with Gasteiger partial charge < -0.3 is 43.4 Å². The van der Waals surface area contributed by atoms with Gasteiger partial charge in [-0.3, -0.25) is 9.59 Å². The molecule has 272 valence electrons. The number of methoxy groups -OCH3 is 1. The van der Waals surface area contributed by atoms with E-state index in [1.54, 1.807) is 0 Å². The Labute approximate surface area is 292 Å². The van der Waals surface area contributed by atoms with E-state index in [2.05, 4.69) is 33.6 Å².